The highest BCUT2D eigenvalue weighted by atomic mass is 32.2. The zero-order chi connectivity index (χ0) is 19.5. The second kappa shape index (κ2) is 7.94. The first-order chi connectivity index (χ1) is 12.2. The maximum atomic E-state index is 12.6. The molecule has 0 aromatic heterocycles. The number of ether oxygens (including phenoxy) is 2. The molecule has 1 aromatic carbocycles. The summed E-state index contributed by atoms with van der Waals surface area (Å²) in [5.74, 6) is -1.61. The number of sulfone groups is 1. The van der Waals surface area contributed by atoms with Crippen molar-refractivity contribution >= 4 is 21.7 Å². The first-order valence-electron chi connectivity index (χ1n) is 8.28. The van der Waals surface area contributed by atoms with Gasteiger partial charge in [0.15, 0.2) is 27.4 Å². The van der Waals surface area contributed by atoms with Crippen LogP contribution in [-0.4, -0.2) is 67.6 Å². The van der Waals surface area contributed by atoms with Gasteiger partial charge in [-0.1, -0.05) is 6.07 Å². The smallest absolute Gasteiger partial charge is 0.342 e. The van der Waals surface area contributed by atoms with Crippen molar-refractivity contribution < 1.29 is 32.6 Å². The van der Waals surface area contributed by atoms with Gasteiger partial charge in [0.1, 0.15) is 5.56 Å². The van der Waals surface area contributed by atoms with Gasteiger partial charge in [0.2, 0.25) is 0 Å². The summed E-state index contributed by atoms with van der Waals surface area (Å²) in [6, 6.07) is 3.95. The van der Waals surface area contributed by atoms with Gasteiger partial charge in [-0.05, 0) is 32.4 Å². The van der Waals surface area contributed by atoms with E-state index in [0.717, 1.165) is 0 Å². The van der Waals surface area contributed by atoms with Gasteiger partial charge < -0.3 is 19.5 Å². The molecule has 144 valence electrons. The van der Waals surface area contributed by atoms with Crippen LogP contribution in [0.3, 0.4) is 0 Å². The minimum atomic E-state index is -3.14. The Hall–Kier alpha value is -2.29. The van der Waals surface area contributed by atoms with E-state index in [2.05, 4.69) is 0 Å². The van der Waals surface area contributed by atoms with E-state index in [1.54, 1.807) is 6.92 Å². The number of hydrogen-bond acceptors (Lipinski definition) is 7. The molecule has 2 unspecified atom stereocenters. The number of para-hydroxylation sites is 1. The SMILES string of the molecule is CCN(C(=O)C(C)OC(=O)c1cccc(OC)c1O)C1CCS(=O)(=O)C1. The van der Waals surface area contributed by atoms with Crippen LogP contribution in [0.5, 0.6) is 11.5 Å². The Morgan fingerprint density at radius 3 is 2.62 bits per heavy atom. The number of phenols is 1. The van der Waals surface area contributed by atoms with E-state index in [-0.39, 0.29) is 28.6 Å². The third-order valence-corrected chi connectivity index (χ3v) is 6.09. The molecule has 2 rings (SSSR count). The first kappa shape index (κ1) is 20.0. The van der Waals surface area contributed by atoms with Crippen LogP contribution in [0.4, 0.5) is 0 Å². The second-order valence-corrected chi connectivity index (χ2v) is 8.31. The van der Waals surface area contributed by atoms with Crippen molar-refractivity contribution in [3.05, 3.63) is 23.8 Å². The molecule has 1 saturated heterocycles. The van der Waals surface area contributed by atoms with Crippen molar-refractivity contribution in [2.45, 2.75) is 32.4 Å². The van der Waals surface area contributed by atoms with Crippen LogP contribution in [0.15, 0.2) is 18.2 Å². The summed E-state index contributed by atoms with van der Waals surface area (Å²) in [6.07, 6.45) is -0.740. The van der Waals surface area contributed by atoms with E-state index in [9.17, 15) is 23.1 Å². The molecule has 0 radical (unpaired) electrons. The van der Waals surface area contributed by atoms with Crippen LogP contribution in [-0.2, 0) is 19.4 Å². The van der Waals surface area contributed by atoms with Crippen LogP contribution >= 0.6 is 0 Å². The molecule has 1 aromatic rings. The first-order valence-corrected chi connectivity index (χ1v) is 10.1. The lowest BCUT2D eigenvalue weighted by molar-refractivity contribution is -0.141. The van der Waals surface area contributed by atoms with Gasteiger partial charge in [-0.3, -0.25) is 4.79 Å². The molecule has 1 fully saturated rings. The summed E-state index contributed by atoms with van der Waals surface area (Å²) >= 11 is 0. The number of methoxy groups -OCH3 is 1. The van der Waals surface area contributed by atoms with Crippen molar-refractivity contribution in [2.24, 2.45) is 0 Å². The largest absolute Gasteiger partial charge is 0.504 e. The number of phenolic OH excluding ortho intramolecular Hbond substituents is 1. The summed E-state index contributed by atoms with van der Waals surface area (Å²) in [4.78, 5) is 26.3. The fraction of sp³-hybridized carbons (Fsp3) is 0.529. The predicted molar refractivity (Wildman–Crippen MR) is 94.0 cm³/mol. The van der Waals surface area contributed by atoms with Gasteiger partial charge in [-0.15, -0.1) is 0 Å². The number of aromatic hydroxyl groups is 1. The summed E-state index contributed by atoms with van der Waals surface area (Å²) < 4.78 is 33.4. The minimum absolute atomic E-state index is 0.0489. The minimum Gasteiger partial charge on any atom is -0.504 e. The Morgan fingerprint density at radius 1 is 1.38 bits per heavy atom. The van der Waals surface area contributed by atoms with E-state index in [4.69, 9.17) is 9.47 Å². The number of rotatable bonds is 6. The van der Waals surface area contributed by atoms with E-state index in [1.165, 1.54) is 37.1 Å². The molecule has 1 amide bonds. The molecule has 1 N–H and O–H groups in total. The van der Waals surface area contributed by atoms with Gasteiger partial charge in [0.05, 0.1) is 18.6 Å². The van der Waals surface area contributed by atoms with E-state index < -0.39 is 33.9 Å². The van der Waals surface area contributed by atoms with Crippen LogP contribution < -0.4 is 4.74 Å². The van der Waals surface area contributed by atoms with Gasteiger partial charge in [-0.2, -0.15) is 0 Å². The van der Waals surface area contributed by atoms with Gasteiger partial charge >= 0.3 is 5.97 Å². The Kier molecular flexibility index (Phi) is 6.12. The number of nitrogens with zero attached hydrogens (tertiary/aromatic N) is 1. The molecule has 9 heteroatoms. The summed E-state index contributed by atoms with van der Waals surface area (Å²) in [5, 5.41) is 10.0. The van der Waals surface area contributed by atoms with Gasteiger partial charge in [0.25, 0.3) is 5.91 Å². The van der Waals surface area contributed by atoms with Crippen molar-refractivity contribution in [1.82, 2.24) is 4.90 Å². The molecule has 0 spiro atoms. The molecule has 8 nitrogen and oxygen atoms in total. The Bertz CT molecular complexity index is 790. The van der Waals surface area contributed by atoms with Crippen molar-refractivity contribution in [3.8, 4) is 11.5 Å². The molecule has 0 bridgehead atoms. The van der Waals surface area contributed by atoms with Crippen LogP contribution in [0.2, 0.25) is 0 Å². The zero-order valence-electron chi connectivity index (χ0n) is 15.0. The molecular weight excluding hydrogens is 362 g/mol. The number of amides is 1. The zero-order valence-corrected chi connectivity index (χ0v) is 15.8. The fourth-order valence-electron chi connectivity index (χ4n) is 2.97. The number of benzene rings is 1. The average Bonchev–Trinajstić information content (AvgIpc) is 2.95. The number of likely N-dealkylation sites (N-methyl/N-ethyl adjacent to an activating group) is 1. The van der Waals surface area contributed by atoms with E-state index >= 15 is 0 Å². The van der Waals surface area contributed by atoms with E-state index in [1.807, 2.05) is 0 Å². The van der Waals surface area contributed by atoms with Gasteiger partial charge in [0, 0.05) is 12.6 Å². The van der Waals surface area contributed by atoms with Crippen LogP contribution in [0, 0.1) is 0 Å². The average molecular weight is 385 g/mol. The third kappa shape index (κ3) is 4.27. The fourth-order valence-corrected chi connectivity index (χ4v) is 4.71. The van der Waals surface area contributed by atoms with Crippen molar-refractivity contribution in [1.29, 1.82) is 0 Å². The number of carbonyl (C=O) groups excluding carboxylic acids is 2. The highest BCUT2D eigenvalue weighted by Crippen LogP contribution is 2.30. The maximum absolute atomic E-state index is 12.6. The Labute approximate surface area is 152 Å². The highest BCUT2D eigenvalue weighted by Gasteiger charge is 2.36. The molecule has 2 atom stereocenters. The quantitative estimate of drug-likeness (QED) is 0.727. The lowest BCUT2D eigenvalue weighted by Crippen LogP contribution is -2.46. The predicted octanol–water partition coefficient (Wildman–Crippen LogP) is 0.982. The van der Waals surface area contributed by atoms with E-state index in [0.29, 0.717) is 13.0 Å². The summed E-state index contributed by atoms with van der Waals surface area (Å²) in [6.45, 7) is 3.47. The molecule has 0 aliphatic carbocycles. The Morgan fingerprint density at radius 2 is 2.08 bits per heavy atom. The topological polar surface area (TPSA) is 110 Å². The van der Waals surface area contributed by atoms with Crippen LogP contribution in [0.1, 0.15) is 30.6 Å². The summed E-state index contributed by atoms with van der Waals surface area (Å²) in [5.41, 5.74) is -0.115. The number of esters is 1. The normalized spacial score (nSPS) is 19.6. The number of hydrogen-bond donors (Lipinski definition) is 1. The lowest BCUT2D eigenvalue weighted by Gasteiger charge is -2.29. The monoisotopic (exact) mass is 385 g/mol. The standard InChI is InChI=1S/C17H23NO7S/c1-4-18(12-8-9-26(22,23)10-12)16(20)11(2)25-17(21)13-6-5-7-14(24-3)15(13)19/h5-7,11-12,19H,4,8-10H2,1-3H3. The third-order valence-electron chi connectivity index (χ3n) is 4.34. The van der Waals surface area contributed by atoms with Gasteiger partial charge in [-0.25, -0.2) is 13.2 Å². The molecule has 0 saturated carbocycles. The van der Waals surface area contributed by atoms with Crippen molar-refractivity contribution in [2.75, 3.05) is 25.2 Å². The highest BCUT2D eigenvalue weighted by molar-refractivity contribution is 7.91. The number of carbonyl (C=O) groups is 2. The van der Waals surface area contributed by atoms with Crippen molar-refractivity contribution in [3.63, 3.8) is 0 Å². The second-order valence-electron chi connectivity index (χ2n) is 6.09. The molecule has 1 aliphatic rings. The van der Waals surface area contributed by atoms with Crippen LogP contribution in [0.25, 0.3) is 0 Å². The lowest BCUT2D eigenvalue weighted by atomic mass is 10.1. The summed E-state index contributed by atoms with van der Waals surface area (Å²) in [7, 11) is -1.79. The molecular formula is C17H23NO7S. The molecule has 1 aliphatic heterocycles. The maximum Gasteiger partial charge on any atom is 0.342 e. The molecule has 1 heterocycles. The molecule has 26 heavy (non-hydrogen) atoms. The Balaban J connectivity index is 2.09.